The molecule has 0 saturated carbocycles. The molecule has 21 heavy (non-hydrogen) atoms. The molecule has 0 aromatic heterocycles. The van der Waals surface area contributed by atoms with E-state index in [-0.39, 0.29) is 0 Å². The number of aryl methyl sites for hydroxylation is 1. The Morgan fingerprint density at radius 2 is 1.76 bits per heavy atom. The molecule has 1 aromatic carbocycles. The molecule has 0 saturated heterocycles. The van der Waals surface area contributed by atoms with Gasteiger partial charge in [-0.1, -0.05) is 26.0 Å². The average molecular weight is 293 g/mol. The molecule has 0 aliphatic carbocycles. The monoisotopic (exact) mass is 293 g/mol. The van der Waals surface area contributed by atoms with Crippen molar-refractivity contribution in [2.45, 2.75) is 40.0 Å². The zero-order valence-electron chi connectivity index (χ0n) is 14.1. The molecule has 0 atom stereocenters. The van der Waals surface area contributed by atoms with Crippen LogP contribution in [0.25, 0.3) is 0 Å². The van der Waals surface area contributed by atoms with Crippen LogP contribution in [-0.4, -0.2) is 33.4 Å². The second-order valence-electron chi connectivity index (χ2n) is 6.23. The summed E-state index contributed by atoms with van der Waals surface area (Å²) in [6.45, 7) is 10.2. The van der Waals surface area contributed by atoms with Crippen molar-refractivity contribution < 1.29 is 9.47 Å². The van der Waals surface area contributed by atoms with Gasteiger partial charge in [0.2, 0.25) is 0 Å². The summed E-state index contributed by atoms with van der Waals surface area (Å²) in [7, 11) is 1.74. The third-order valence-electron chi connectivity index (χ3n) is 3.79. The topological polar surface area (TPSA) is 30.5 Å². The number of benzene rings is 1. The predicted octanol–water partition coefficient (Wildman–Crippen LogP) is 3.67. The van der Waals surface area contributed by atoms with Gasteiger partial charge >= 0.3 is 0 Å². The quantitative estimate of drug-likeness (QED) is 0.631. The largest absolute Gasteiger partial charge is 0.494 e. The smallest absolute Gasteiger partial charge is 0.119 e. The van der Waals surface area contributed by atoms with E-state index in [0.717, 1.165) is 38.5 Å². The van der Waals surface area contributed by atoms with Crippen molar-refractivity contribution >= 4 is 0 Å². The van der Waals surface area contributed by atoms with Crippen LogP contribution >= 0.6 is 0 Å². The fourth-order valence-electron chi connectivity index (χ4n) is 2.25. The Balaban J connectivity index is 2.28. The lowest BCUT2D eigenvalue weighted by Crippen LogP contribution is -2.25. The van der Waals surface area contributed by atoms with E-state index in [9.17, 15) is 0 Å². The molecule has 1 rings (SSSR count). The molecular formula is C18H31NO2. The SMILES string of the molecule is CCOc1ccc(CCC(C)(C)CCNCCOC)cc1. The Hall–Kier alpha value is -1.06. The second kappa shape index (κ2) is 9.80. The Bertz CT molecular complexity index is 373. The predicted molar refractivity (Wildman–Crippen MR) is 89.1 cm³/mol. The Labute approximate surface area is 130 Å². The number of ether oxygens (including phenoxy) is 2. The van der Waals surface area contributed by atoms with Gasteiger partial charge in [-0.25, -0.2) is 0 Å². The zero-order chi connectivity index (χ0) is 15.6. The van der Waals surface area contributed by atoms with Crippen molar-refractivity contribution in [3.63, 3.8) is 0 Å². The van der Waals surface area contributed by atoms with Crippen LogP contribution in [0.3, 0.4) is 0 Å². The van der Waals surface area contributed by atoms with Gasteiger partial charge in [-0.2, -0.15) is 0 Å². The molecular weight excluding hydrogens is 262 g/mol. The highest BCUT2D eigenvalue weighted by atomic mass is 16.5. The lowest BCUT2D eigenvalue weighted by molar-refractivity contribution is 0.197. The van der Waals surface area contributed by atoms with Crippen LogP contribution in [0.1, 0.15) is 39.2 Å². The van der Waals surface area contributed by atoms with Crippen molar-refractivity contribution in [3.05, 3.63) is 29.8 Å². The van der Waals surface area contributed by atoms with Crippen LogP contribution in [0, 0.1) is 5.41 Å². The average Bonchev–Trinajstić information content (AvgIpc) is 2.47. The fourth-order valence-corrected chi connectivity index (χ4v) is 2.25. The minimum atomic E-state index is 0.360. The summed E-state index contributed by atoms with van der Waals surface area (Å²) in [5, 5.41) is 3.42. The minimum absolute atomic E-state index is 0.360. The van der Waals surface area contributed by atoms with Crippen molar-refractivity contribution in [1.82, 2.24) is 5.32 Å². The molecule has 0 aliphatic rings. The first-order valence-electron chi connectivity index (χ1n) is 7.99. The van der Waals surface area contributed by atoms with Crippen LogP contribution < -0.4 is 10.1 Å². The molecule has 0 spiro atoms. The van der Waals surface area contributed by atoms with Gasteiger partial charge in [-0.3, -0.25) is 0 Å². The molecule has 0 heterocycles. The number of hydrogen-bond donors (Lipinski definition) is 1. The summed E-state index contributed by atoms with van der Waals surface area (Å²) < 4.78 is 10.5. The van der Waals surface area contributed by atoms with Crippen LogP contribution in [0.4, 0.5) is 0 Å². The highest BCUT2D eigenvalue weighted by molar-refractivity contribution is 5.27. The summed E-state index contributed by atoms with van der Waals surface area (Å²) in [6, 6.07) is 8.49. The van der Waals surface area contributed by atoms with Crippen LogP contribution in [0.5, 0.6) is 5.75 Å². The van der Waals surface area contributed by atoms with E-state index in [1.165, 1.54) is 18.4 Å². The van der Waals surface area contributed by atoms with E-state index in [0.29, 0.717) is 5.41 Å². The Morgan fingerprint density at radius 1 is 1.05 bits per heavy atom. The zero-order valence-corrected chi connectivity index (χ0v) is 14.1. The van der Waals surface area contributed by atoms with Crippen LogP contribution in [-0.2, 0) is 11.2 Å². The first-order valence-corrected chi connectivity index (χ1v) is 7.99. The highest BCUT2D eigenvalue weighted by Crippen LogP contribution is 2.27. The first-order chi connectivity index (χ1) is 10.1. The molecule has 0 bridgehead atoms. The van der Waals surface area contributed by atoms with E-state index in [1.54, 1.807) is 7.11 Å². The number of hydrogen-bond acceptors (Lipinski definition) is 3. The molecule has 3 heteroatoms. The van der Waals surface area contributed by atoms with E-state index < -0.39 is 0 Å². The number of rotatable bonds is 11. The van der Waals surface area contributed by atoms with Crippen molar-refractivity contribution in [1.29, 1.82) is 0 Å². The molecule has 3 nitrogen and oxygen atoms in total. The van der Waals surface area contributed by atoms with Gasteiger partial charge in [0.1, 0.15) is 5.75 Å². The summed E-state index contributed by atoms with van der Waals surface area (Å²) in [6.07, 6.45) is 3.51. The Morgan fingerprint density at radius 3 is 2.38 bits per heavy atom. The molecule has 1 N–H and O–H groups in total. The maximum Gasteiger partial charge on any atom is 0.119 e. The molecule has 0 fully saturated rings. The van der Waals surface area contributed by atoms with Crippen LogP contribution in [0.15, 0.2) is 24.3 Å². The summed E-state index contributed by atoms with van der Waals surface area (Å²) in [5.74, 6) is 0.961. The molecule has 1 aromatic rings. The summed E-state index contributed by atoms with van der Waals surface area (Å²) in [5.41, 5.74) is 1.75. The van der Waals surface area contributed by atoms with Crippen molar-refractivity contribution in [3.8, 4) is 5.75 Å². The van der Waals surface area contributed by atoms with Crippen LogP contribution in [0.2, 0.25) is 0 Å². The Kier molecular flexibility index (Phi) is 8.40. The van der Waals surface area contributed by atoms with Gasteiger partial charge < -0.3 is 14.8 Å². The van der Waals surface area contributed by atoms with E-state index in [2.05, 4.69) is 43.4 Å². The van der Waals surface area contributed by atoms with Gasteiger partial charge in [0.15, 0.2) is 0 Å². The van der Waals surface area contributed by atoms with Gasteiger partial charge in [0.05, 0.1) is 13.2 Å². The highest BCUT2D eigenvalue weighted by Gasteiger charge is 2.17. The fraction of sp³-hybridized carbons (Fsp3) is 0.667. The molecule has 120 valence electrons. The molecule has 0 aliphatic heterocycles. The second-order valence-corrected chi connectivity index (χ2v) is 6.23. The standard InChI is InChI=1S/C18H31NO2/c1-5-21-17-8-6-16(7-9-17)10-11-18(2,3)12-13-19-14-15-20-4/h6-9,19H,5,10-15H2,1-4H3. The summed E-state index contributed by atoms with van der Waals surface area (Å²) in [4.78, 5) is 0. The van der Waals surface area contributed by atoms with E-state index >= 15 is 0 Å². The van der Waals surface area contributed by atoms with Gasteiger partial charge in [0, 0.05) is 13.7 Å². The normalized spacial score (nSPS) is 11.6. The third-order valence-corrected chi connectivity index (χ3v) is 3.79. The van der Waals surface area contributed by atoms with Gasteiger partial charge in [0.25, 0.3) is 0 Å². The molecule has 0 unspecified atom stereocenters. The minimum Gasteiger partial charge on any atom is -0.494 e. The van der Waals surface area contributed by atoms with E-state index in [4.69, 9.17) is 9.47 Å². The summed E-state index contributed by atoms with van der Waals surface area (Å²) >= 11 is 0. The van der Waals surface area contributed by atoms with Gasteiger partial charge in [-0.15, -0.1) is 0 Å². The molecule has 0 radical (unpaired) electrons. The number of nitrogens with one attached hydrogen (secondary N) is 1. The van der Waals surface area contributed by atoms with Crippen molar-refractivity contribution in [2.24, 2.45) is 5.41 Å². The van der Waals surface area contributed by atoms with Crippen molar-refractivity contribution in [2.75, 3.05) is 33.4 Å². The first kappa shape index (κ1) is 18.0. The maximum absolute atomic E-state index is 5.47. The maximum atomic E-state index is 5.47. The molecule has 0 amide bonds. The van der Waals surface area contributed by atoms with E-state index in [1.807, 2.05) is 6.92 Å². The number of methoxy groups -OCH3 is 1. The third kappa shape index (κ3) is 8.08. The van der Waals surface area contributed by atoms with Gasteiger partial charge in [-0.05, 0) is 55.8 Å². The lowest BCUT2D eigenvalue weighted by atomic mass is 9.83. The lowest BCUT2D eigenvalue weighted by Gasteiger charge is -2.25.